The number of anilines is 1. The Bertz CT molecular complexity index is 651. The summed E-state index contributed by atoms with van der Waals surface area (Å²) in [5, 5.41) is 0. The normalized spacial score (nSPS) is 15.4. The molecule has 2 aromatic rings. The summed E-state index contributed by atoms with van der Waals surface area (Å²) in [6, 6.07) is 0. The number of nitrogen functional groups attached to an aromatic ring is 1. The molecule has 88 valence electrons. The number of allylic oxidation sites excluding steroid dienone is 2. The summed E-state index contributed by atoms with van der Waals surface area (Å²) < 4.78 is 1.49. The second kappa shape index (κ2) is 3.73. The molecule has 1 aliphatic rings. The van der Waals surface area contributed by atoms with Crippen molar-refractivity contribution in [2.45, 2.75) is 25.8 Å². The van der Waals surface area contributed by atoms with Crippen LogP contribution in [-0.2, 0) is 6.54 Å². The lowest BCUT2D eigenvalue weighted by Gasteiger charge is -2.08. The maximum Gasteiger partial charge on any atom is 0.283 e. The molecule has 0 spiro atoms. The van der Waals surface area contributed by atoms with Gasteiger partial charge in [0.25, 0.3) is 5.56 Å². The zero-order chi connectivity index (χ0) is 11.8. The Balaban J connectivity index is 2.11. The van der Waals surface area contributed by atoms with E-state index in [-0.39, 0.29) is 11.5 Å². The van der Waals surface area contributed by atoms with Gasteiger partial charge in [-0.15, -0.1) is 0 Å². The molecular formula is C11H13N5O. The van der Waals surface area contributed by atoms with Crippen molar-refractivity contribution in [3.8, 4) is 0 Å². The number of H-pyrrole nitrogens is 1. The third-order valence-corrected chi connectivity index (χ3v) is 3.07. The Labute approximate surface area is 97.2 Å². The summed E-state index contributed by atoms with van der Waals surface area (Å²) in [5.74, 6) is 0.236. The summed E-state index contributed by atoms with van der Waals surface area (Å²) in [6.45, 7) is 0.528. The Morgan fingerprint density at radius 3 is 3.18 bits per heavy atom. The van der Waals surface area contributed by atoms with Crippen LogP contribution >= 0.6 is 0 Å². The molecule has 0 fully saturated rings. The average Bonchev–Trinajstić information content (AvgIpc) is 2.94. The molecule has 6 heteroatoms. The van der Waals surface area contributed by atoms with Gasteiger partial charge in [0.15, 0.2) is 11.2 Å². The molecule has 0 unspecified atom stereocenters. The number of aromatic nitrogens is 4. The smallest absolute Gasteiger partial charge is 0.283 e. The molecule has 6 nitrogen and oxygen atoms in total. The molecule has 3 N–H and O–H groups in total. The van der Waals surface area contributed by atoms with Crippen LogP contribution in [0.3, 0.4) is 0 Å². The topological polar surface area (TPSA) is 89.6 Å². The van der Waals surface area contributed by atoms with Crippen molar-refractivity contribution in [3.05, 3.63) is 28.3 Å². The molecule has 3 rings (SSSR count). The maximum absolute atomic E-state index is 12.1. The van der Waals surface area contributed by atoms with Gasteiger partial charge in [-0.25, -0.2) is 4.98 Å². The van der Waals surface area contributed by atoms with Crippen LogP contribution in [-0.4, -0.2) is 19.5 Å². The number of rotatable bonds is 2. The molecule has 17 heavy (non-hydrogen) atoms. The minimum Gasteiger partial charge on any atom is -0.369 e. The second-order valence-electron chi connectivity index (χ2n) is 4.22. The third kappa shape index (κ3) is 1.61. The summed E-state index contributed by atoms with van der Waals surface area (Å²) in [4.78, 5) is 23.0. The van der Waals surface area contributed by atoms with Crippen LogP contribution in [0.1, 0.15) is 19.3 Å². The zero-order valence-electron chi connectivity index (χ0n) is 9.31. The van der Waals surface area contributed by atoms with Crippen molar-refractivity contribution in [1.29, 1.82) is 0 Å². The highest BCUT2D eigenvalue weighted by molar-refractivity contribution is 5.69. The van der Waals surface area contributed by atoms with Crippen LogP contribution < -0.4 is 11.3 Å². The van der Waals surface area contributed by atoms with E-state index in [0.717, 1.165) is 19.3 Å². The van der Waals surface area contributed by atoms with Gasteiger partial charge in [0, 0.05) is 0 Å². The van der Waals surface area contributed by atoms with Crippen LogP contribution in [0.15, 0.2) is 22.8 Å². The molecule has 0 atom stereocenters. The Kier molecular flexibility index (Phi) is 2.21. The Hall–Kier alpha value is -2.11. The number of imidazole rings is 1. The zero-order valence-corrected chi connectivity index (χ0v) is 9.31. The van der Waals surface area contributed by atoms with Gasteiger partial charge in [-0.2, -0.15) is 4.98 Å². The third-order valence-electron chi connectivity index (χ3n) is 3.07. The molecule has 0 saturated carbocycles. The fourth-order valence-electron chi connectivity index (χ4n) is 2.17. The summed E-state index contributed by atoms with van der Waals surface area (Å²) in [5.41, 5.74) is 7.66. The molecule has 2 aromatic heterocycles. The maximum atomic E-state index is 12.1. The highest BCUT2D eigenvalue weighted by atomic mass is 16.1. The quantitative estimate of drug-likeness (QED) is 0.748. The van der Waals surface area contributed by atoms with Crippen molar-refractivity contribution >= 4 is 17.1 Å². The van der Waals surface area contributed by atoms with Gasteiger partial charge in [-0.1, -0.05) is 11.6 Å². The van der Waals surface area contributed by atoms with Crippen LogP contribution in [0.5, 0.6) is 0 Å². The molecule has 1 aliphatic carbocycles. The number of hydrogen-bond donors (Lipinski definition) is 2. The first-order valence-electron chi connectivity index (χ1n) is 5.63. The molecule has 0 aromatic carbocycles. The highest BCUT2D eigenvalue weighted by Gasteiger charge is 2.13. The van der Waals surface area contributed by atoms with E-state index < -0.39 is 0 Å². The minimum absolute atomic E-state index is 0.179. The lowest BCUT2D eigenvalue weighted by Crippen LogP contribution is -2.25. The van der Waals surface area contributed by atoms with Crippen molar-refractivity contribution in [2.75, 3.05) is 5.73 Å². The fourth-order valence-corrected chi connectivity index (χ4v) is 2.17. The van der Waals surface area contributed by atoms with E-state index >= 15 is 0 Å². The van der Waals surface area contributed by atoms with Crippen molar-refractivity contribution < 1.29 is 0 Å². The van der Waals surface area contributed by atoms with Crippen LogP contribution in [0.25, 0.3) is 11.2 Å². The number of nitrogens with zero attached hydrogens (tertiary/aromatic N) is 3. The highest BCUT2D eigenvalue weighted by Crippen LogP contribution is 2.19. The van der Waals surface area contributed by atoms with E-state index in [1.807, 2.05) is 0 Å². The van der Waals surface area contributed by atoms with E-state index in [0.29, 0.717) is 17.7 Å². The number of nitrogens with one attached hydrogen (secondary N) is 1. The number of aromatic amines is 1. The van der Waals surface area contributed by atoms with Gasteiger partial charge < -0.3 is 10.7 Å². The molecule has 0 bridgehead atoms. The first kappa shape index (κ1) is 10.1. The van der Waals surface area contributed by atoms with Gasteiger partial charge in [0.1, 0.15) is 0 Å². The largest absolute Gasteiger partial charge is 0.369 e. The SMILES string of the molecule is Nc1nc2[nH]cnc2c(=O)n1CC1=CCCC1. The molecule has 0 radical (unpaired) electrons. The second-order valence-corrected chi connectivity index (χ2v) is 4.22. The van der Waals surface area contributed by atoms with E-state index in [2.05, 4.69) is 21.0 Å². The molecule has 0 amide bonds. The Morgan fingerprint density at radius 2 is 2.41 bits per heavy atom. The van der Waals surface area contributed by atoms with E-state index in [9.17, 15) is 4.79 Å². The van der Waals surface area contributed by atoms with E-state index in [1.165, 1.54) is 16.5 Å². The number of nitrogens with two attached hydrogens (primary N) is 1. The number of hydrogen-bond acceptors (Lipinski definition) is 4. The lowest BCUT2D eigenvalue weighted by molar-refractivity contribution is 0.724. The predicted molar refractivity (Wildman–Crippen MR) is 64.5 cm³/mol. The molecule has 0 saturated heterocycles. The van der Waals surface area contributed by atoms with Gasteiger partial charge in [-0.3, -0.25) is 9.36 Å². The van der Waals surface area contributed by atoms with E-state index in [4.69, 9.17) is 5.73 Å². The van der Waals surface area contributed by atoms with Crippen molar-refractivity contribution in [3.63, 3.8) is 0 Å². The molecule has 0 aliphatic heterocycles. The van der Waals surface area contributed by atoms with Crippen molar-refractivity contribution in [2.24, 2.45) is 0 Å². The van der Waals surface area contributed by atoms with Gasteiger partial charge in [-0.05, 0) is 19.3 Å². The van der Waals surface area contributed by atoms with E-state index in [1.54, 1.807) is 0 Å². The van der Waals surface area contributed by atoms with Crippen molar-refractivity contribution in [1.82, 2.24) is 19.5 Å². The number of fused-ring (bicyclic) bond motifs is 1. The molecule has 2 heterocycles. The van der Waals surface area contributed by atoms with Gasteiger partial charge >= 0.3 is 0 Å². The van der Waals surface area contributed by atoms with Crippen LogP contribution in [0.2, 0.25) is 0 Å². The van der Waals surface area contributed by atoms with Crippen LogP contribution in [0.4, 0.5) is 5.95 Å². The summed E-state index contributed by atoms with van der Waals surface area (Å²) in [7, 11) is 0. The van der Waals surface area contributed by atoms with Crippen LogP contribution in [0, 0.1) is 0 Å². The van der Waals surface area contributed by atoms with Gasteiger partial charge in [0.2, 0.25) is 5.95 Å². The lowest BCUT2D eigenvalue weighted by atomic mass is 10.2. The summed E-state index contributed by atoms with van der Waals surface area (Å²) in [6.07, 6.45) is 6.90. The summed E-state index contributed by atoms with van der Waals surface area (Å²) >= 11 is 0. The Morgan fingerprint density at radius 1 is 1.53 bits per heavy atom. The first-order chi connectivity index (χ1) is 8.25. The monoisotopic (exact) mass is 231 g/mol. The fraction of sp³-hybridized carbons (Fsp3) is 0.364. The minimum atomic E-state index is -0.179. The molecular weight excluding hydrogens is 218 g/mol. The first-order valence-corrected chi connectivity index (χ1v) is 5.63. The average molecular weight is 231 g/mol. The standard InChI is InChI=1S/C11H13N5O/c12-11-15-9-8(13-6-14-9)10(17)16(11)5-7-3-1-2-4-7/h3,6H,1-2,4-5H2,(H2,12,15)(H,13,14). The predicted octanol–water partition coefficient (Wildman–Crippen LogP) is 0.812. The van der Waals surface area contributed by atoms with Gasteiger partial charge in [0.05, 0.1) is 12.9 Å².